The van der Waals surface area contributed by atoms with Crippen LogP contribution >= 0.6 is 0 Å². The van der Waals surface area contributed by atoms with E-state index in [4.69, 9.17) is 0 Å². The summed E-state index contributed by atoms with van der Waals surface area (Å²) >= 11 is 0. The topological polar surface area (TPSA) is 110 Å². The van der Waals surface area contributed by atoms with E-state index >= 15 is 0 Å². The first-order chi connectivity index (χ1) is 15.6. The van der Waals surface area contributed by atoms with Gasteiger partial charge in [0.15, 0.2) is 0 Å². The zero-order chi connectivity index (χ0) is 24.2. The predicted octanol–water partition coefficient (Wildman–Crippen LogP) is 4.86. The molecule has 3 rings (SSSR count). The van der Waals surface area contributed by atoms with Crippen LogP contribution in [-0.4, -0.2) is 25.8 Å². The number of nitro benzene ring substituents is 1. The zero-order valence-corrected chi connectivity index (χ0v) is 19.4. The van der Waals surface area contributed by atoms with Crippen molar-refractivity contribution in [1.29, 1.82) is 0 Å². The second-order valence-corrected chi connectivity index (χ2v) is 9.79. The minimum Gasteiger partial charge on any atom is -0.324 e. The highest BCUT2D eigenvalue weighted by atomic mass is 32.2. The highest BCUT2D eigenvalue weighted by Crippen LogP contribution is 2.26. The molecule has 8 nitrogen and oxygen atoms in total. The molecule has 0 aliphatic rings. The molecule has 0 unspecified atom stereocenters. The van der Waals surface area contributed by atoms with Gasteiger partial charge in [0.2, 0.25) is 5.91 Å². The maximum Gasteiger partial charge on any atom is 0.271 e. The van der Waals surface area contributed by atoms with Gasteiger partial charge in [-0.3, -0.25) is 19.2 Å². The second kappa shape index (κ2) is 9.83. The molecule has 0 spiro atoms. The summed E-state index contributed by atoms with van der Waals surface area (Å²) in [5.41, 5.74) is 2.31. The first-order valence-corrected chi connectivity index (χ1v) is 11.8. The lowest BCUT2D eigenvalue weighted by molar-refractivity contribution is -0.384. The maximum atomic E-state index is 13.5. The largest absolute Gasteiger partial charge is 0.324 e. The third kappa shape index (κ3) is 5.75. The van der Waals surface area contributed by atoms with Crippen molar-refractivity contribution < 1.29 is 18.1 Å². The van der Waals surface area contributed by atoms with Crippen molar-refractivity contribution in [3.63, 3.8) is 0 Å². The lowest BCUT2D eigenvalue weighted by Gasteiger charge is -2.24. The van der Waals surface area contributed by atoms with Crippen molar-refractivity contribution in [1.82, 2.24) is 0 Å². The van der Waals surface area contributed by atoms with Crippen LogP contribution < -0.4 is 9.62 Å². The van der Waals surface area contributed by atoms with Crippen molar-refractivity contribution in [2.45, 2.75) is 31.6 Å². The molecule has 172 valence electrons. The molecule has 0 saturated heterocycles. The molecule has 0 aromatic heterocycles. The zero-order valence-electron chi connectivity index (χ0n) is 18.6. The fourth-order valence-electron chi connectivity index (χ4n) is 3.21. The molecule has 1 amide bonds. The number of amides is 1. The van der Waals surface area contributed by atoms with Crippen LogP contribution in [0.15, 0.2) is 77.7 Å². The van der Waals surface area contributed by atoms with Crippen molar-refractivity contribution in [3.8, 4) is 0 Å². The summed E-state index contributed by atoms with van der Waals surface area (Å²) < 4.78 is 27.9. The molecule has 3 aromatic carbocycles. The van der Waals surface area contributed by atoms with Crippen LogP contribution in [0.3, 0.4) is 0 Å². The summed E-state index contributed by atoms with van der Waals surface area (Å²) in [6.45, 7) is 5.41. The lowest BCUT2D eigenvalue weighted by Crippen LogP contribution is -2.38. The minimum atomic E-state index is -4.05. The van der Waals surface area contributed by atoms with Crippen LogP contribution in [0.5, 0.6) is 0 Å². The Hall–Kier alpha value is -3.72. The standard InChI is InChI=1S/C24H25N3O5S/c1-17(2)19-9-11-21(12-10-19)26(33(31,32)23-13-7-18(3)8-14-23)16-24(28)25-20-5-4-6-22(15-20)27(29)30/h4-15,17H,16H2,1-3H3,(H,25,28). The van der Waals surface area contributed by atoms with Gasteiger partial charge in [-0.1, -0.05) is 49.7 Å². The number of nitrogens with zero attached hydrogens (tertiary/aromatic N) is 2. The van der Waals surface area contributed by atoms with E-state index in [1.165, 1.54) is 36.4 Å². The molecule has 9 heteroatoms. The number of hydrogen-bond donors (Lipinski definition) is 1. The van der Waals surface area contributed by atoms with Gasteiger partial charge in [-0.2, -0.15) is 0 Å². The minimum absolute atomic E-state index is 0.0594. The van der Waals surface area contributed by atoms with Crippen LogP contribution in [0.25, 0.3) is 0 Å². The first kappa shape index (κ1) is 23.9. The third-order valence-electron chi connectivity index (χ3n) is 5.08. The Morgan fingerprint density at radius 3 is 2.24 bits per heavy atom. The predicted molar refractivity (Wildman–Crippen MR) is 128 cm³/mol. The molecule has 33 heavy (non-hydrogen) atoms. The van der Waals surface area contributed by atoms with Gasteiger partial charge >= 0.3 is 0 Å². The fraction of sp³-hybridized carbons (Fsp3) is 0.208. The van der Waals surface area contributed by atoms with Crippen molar-refractivity contribution in [3.05, 3.63) is 94.0 Å². The number of sulfonamides is 1. The van der Waals surface area contributed by atoms with E-state index in [2.05, 4.69) is 5.32 Å². The first-order valence-electron chi connectivity index (χ1n) is 10.3. The van der Waals surface area contributed by atoms with Gasteiger partial charge in [0.05, 0.1) is 15.5 Å². The quantitative estimate of drug-likeness (QED) is 0.376. The van der Waals surface area contributed by atoms with Gasteiger partial charge < -0.3 is 5.32 Å². The normalized spacial score (nSPS) is 11.3. The van der Waals surface area contributed by atoms with Crippen molar-refractivity contribution in [2.75, 3.05) is 16.2 Å². The summed E-state index contributed by atoms with van der Waals surface area (Å²) in [7, 11) is -4.05. The summed E-state index contributed by atoms with van der Waals surface area (Å²) in [6.07, 6.45) is 0. The molecule has 0 saturated carbocycles. The number of nitrogens with one attached hydrogen (secondary N) is 1. The number of carbonyl (C=O) groups is 1. The van der Waals surface area contributed by atoms with Gasteiger partial charge in [-0.25, -0.2) is 8.42 Å². The number of rotatable bonds is 8. The number of aryl methyl sites for hydroxylation is 1. The Balaban J connectivity index is 1.94. The van der Waals surface area contributed by atoms with Gasteiger partial charge in [0.25, 0.3) is 15.7 Å². The number of anilines is 2. The maximum absolute atomic E-state index is 13.5. The number of carbonyl (C=O) groups excluding carboxylic acids is 1. The highest BCUT2D eigenvalue weighted by molar-refractivity contribution is 7.92. The van der Waals surface area contributed by atoms with Gasteiger partial charge in [-0.15, -0.1) is 0 Å². The van der Waals surface area contributed by atoms with E-state index in [0.717, 1.165) is 15.4 Å². The molecule has 3 aromatic rings. The molecular formula is C24H25N3O5S. The Morgan fingerprint density at radius 1 is 1.03 bits per heavy atom. The molecule has 0 aliphatic heterocycles. The monoisotopic (exact) mass is 467 g/mol. The lowest BCUT2D eigenvalue weighted by atomic mass is 10.0. The van der Waals surface area contributed by atoms with E-state index in [-0.39, 0.29) is 22.2 Å². The summed E-state index contributed by atoms with van der Waals surface area (Å²) in [6, 6.07) is 18.8. The fourth-order valence-corrected chi connectivity index (χ4v) is 4.63. The van der Waals surface area contributed by atoms with E-state index in [1.807, 2.05) is 32.9 Å². The van der Waals surface area contributed by atoms with Crippen LogP contribution in [0.1, 0.15) is 30.9 Å². The molecule has 0 fully saturated rings. The SMILES string of the molecule is Cc1ccc(S(=O)(=O)N(CC(=O)Nc2cccc([N+](=O)[O-])c2)c2ccc(C(C)C)cc2)cc1. The molecule has 0 heterocycles. The molecule has 0 atom stereocenters. The molecule has 0 bridgehead atoms. The van der Waals surface area contributed by atoms with Gasteiger partial charge in [0.1, 0.15) is 6.54 Å². The van der Waals surface area contributed by atoms with Crippen LogP contribution in [0, 0.1) is 17.0 Å². The molecule has 0 radical (unpaired) electrons. The third-order valence-corrected chi connectivity index (χ3v) is 6.87. The summed E-state index contributed by atoms with van der Waals surface area (Å²) in [5, 5.41) is 13.5. The smallest absolute Gasteiger partial charge is 0.271 e. The van der Waals surface area contributed by atoms with Crippen LogP contribution in [0.2, 0.25) is 0 Å². The van der Waals surface area contributed by atoms with Crippen LogP contribution in [0.4, 0.5) is 17.1 Å². The average molecular weight is 468 g/mol. The molecule has 0 aliphatic carbocycles. The van der Waals surface area contributed by atoms with E-state index in [9.17, 15) is 23.3 Å². The Kier molecular flexibility index (Phi) is 7.13. The number of non-ortho nitro benzene ring substituents is 1. The second-order valence-electron chi connectivity index (χ2n) is 7.93. The van der Waals surface area contributed by atoms with Crippen molar-refractivity contribution in [2.24, 2.45) is 0 Å². The van der Waals surface area contributed by atoms with Gasteiger partial charge in [0, 0.05) is 17.8 Å². The summed E-state index contributed by atoms with van der Waals surface area (Å²) in [5.74, 6) is -0.363. The number of hydrogen-bond acceptors (Lipinski definition) is 5. The van der Waals surface area contributed by atoms with Crippen molar-refractivity contribution >= 4 is 33.0 Å². The number of benzene rings is 3. The Morgan fingerprint density at radius 2 is 1.67 bits per heavy atom. The van der Waals surface area contributed by atoms with E-state index < -0.39 is 27.4 Å². The van der Waals surface area contributed by atoms with E-state index in [0.29, 0.717) is 5.69 Å². The summed E-state index contributed by atoms with van der Waals surface area (Å²) in [4.78, 5) is 23.3. The Labute approximate surface area is 193 Å². The highest BCUT2D eigenvalue weighted by Gasteiger charge is 2.27. The van der Waals surface area contributed by atoms with Gasteiger partial charge in [-0.05, 0) is 48.7 Å². The average Bonchev–Trinajstić information content (AvgIpc) is 2.78. The Bertz CT molecular complexity index is 1250. The molecule has 1 N–H and O–H groups in total. The number of nitro groups is 1. The molecular weight excluding hydrogens is 442 g/mol. The van der Waals surface area contributed by atoms with E-state index in [1.54, 1.807) is 24.3 Å². The van der Waals surface area contributed by atoms with Crippen LogP contribution in [-0.2, 0) is 14.8 Å².